The lowest BCUT2D eigenvalue weighted by atomic mass is 9.86. The Labute approximate surface area is 240 Å². The van der Waals surface area contributed by atoms with Gasteiger partial charge in [0.1, 0.15) is 17.8 Å². The minimum absolute atomic E-state index is 0.0178. The van der Waals surface area contributed by atoms with E-state index in [1.54, 1.807) is 0 Å². The first-order valence-electron chi connectivity index (χ1n) is 14.0. The van der Waals surface area contributed by atoms with Crippen molar-refractivity contribution in [2.45, 2.75) is 82.7 Å². The molecule has 13 nitrogen and oxygen atoms in total. The Balaban J connectivity index is 2.03. The summed E-state index contributed by atoms with van der Waals surface area (Å²) in [6, 6.07) is 2.78. The molecule has 0 spiro atoms. The average Bonchev–Trinajstić information content (AvgIpc) is 2.90. The van der Waals surface area contributed by atoms with Crippen molar-refractivity contribution >= 4 is 31.6 Å². The molecule has 0 heterocycles. The van der Waals surface area contributed by atoms with Crippen LogP contribution in [0.15, 0.2) is 24.3 Å². The summed E-state index contributed by atoms with van der Waals surface area (Å²) in [7, 11) is -1.75. The molecule has 6 N–H and O–H groups in total. The second kappa shape index (κ2) is 17.0. The standard InChI is InChI=1S/C27H43N4O9P/c1-31(2)27(36)30-23(18-20-11-13-21(14-12-20)40-41(37,38)39)26(35)29-22(15-16-24(32)33)25(34)28-17-7-6-10-19-8-4-3-5-9-19/h11-14,19,22-23H,3-10,15-18H2,1-2H3,(H,28,34)(H,29,35)(H,30,36)(H,32,33)(H2,37,38,39). The highest BCUT2D eigenvalue weighted by Gasteiger charge is 2.28. The van der Waals surface area contributed by atoms with E-state index < -0.39 is 43.7 Å². The number of nitrogens with zero attached hydrogens (tertiary/aromatic N) is 1. The first kappa shape index (κ1) is 34.1. The number of phosphoric ester groups is 1. The fourth-order valence-electron chi connectivity index (χ4n) is 4.72. The van der Waals surface area contributed by atoms with Crippen molar-refractivity contribution in [1.29, 1.82) is 0 Å². The molecule has 0 radical (unpaired) electrons. The molecule has 230 valence electrons. The molecular formula is C27H43N4O9P. The molecule has 14 heteroatoms. The van der Waals surface area contributed by atoms with Gasteiger partial charge < -0.3 is 30.5 Å². The third-order valence-corrected chi connectivity index (χ3v) is 7.40. The van der Waals surface area contributed by atoms with Gasteiger partial charge in [-0.25, -0.2) is 9.36 Å². The summed E-state index contributed by atoms with van der Waals surface area (Å²) in [5.41, 5.74) is 0.534. The molecule has 41 heavy (non-hydrogen) atoms. The zero-order valence-corrected chi connectivity index (χ0v) is 24.6. The Morgan fingerprint density at radius 2 is 1.63 bits per heavy atom. The molecule has 1 fully saturated rings. The van der Waals surface area contributed by atoms with Crippen LogP contribution in [0.25, 0.3) is 0 Å². The number of carboxylic acids is 1. The third kappa shape index (κ3) is 13.8. The summed E-state index contributed by atoms with van der Waals surface area (Å²) in [4.78, 5) is 69.0. The van der Waals surface area contributed by atoms with Crippen molar-refractivity contribution in [3.63, 3.8) is 0 Å². The van der Waals surface area contributed by atoms with Crippen molar-refractivity contribution in [2.24, 2.45) is 5.92 Å². The maximum Gasteiger partial charge on any atom is 0.524 e. The molecule has 2 rings (SSSR count). The predicted octanol–water partition coefficient (Wildman–Crippen LogP) is 2.56. The minimum Gasteiger partial charge on any atom is -0.481 e. The Bertz CT molecular complexity index is 1060. The van der Waals surface area contributed by atoms with Gasteiger partial charge in [0.05, 0.1) is 0 Å². The van der Waals surface area contributed by atoms with Crippen LogP contribution in [-0.2, 0) is 25.4 Å². The number of carboxylic acid groups (broad SMARTS) is 1. The van der Waals surface area contributed by atoms with Crippen LogP contribution in [0.1, 0.15) is 69.8 Å². The lowest BCUT2D eigenvalue weighted by Crippen LogP contribution is -2.55. The first-order valence-corrected chi connectivity index (χ1v) is 15.5. The van der Waals surface area contributed by atoms with Crippen LogP contribution in [0.5, 0.6) is 5.75 Å². The largest absolute Gasteiger partial charge is 0.524 e. The molecule has 1 aromatic rings. The zero-order valence-electron chi connectivity index (χ0n) is 23.7. The molecule has 1 saturated carbocycles. The van der Waals surface area contributed by atoms with Crippen LogP contribution in [0.3, 0.4) is 0 Å². The smallest absolute Gasteiger partial charge is 0.481 e. The summed E-state index contributed by atoms with van der Waals surface area (Å²) in [5, 5.41) is 17.1. The summed E-state index contributed by atoms with van der Waals surface area (Å²) >= 11 is 0. The van der Waals surface area contributed by atoms with Crippen molar-refractivity contribution < 1.29 is 43.2 Å². The van der Waals surface area contributed by atoms with Gasteiger partial charge in [-0.05, 0) is 36.5 Å². The van der Waals surface area contributed by atoms with Gasteiger partial charge in [0.25, 0.3) is 0 Å². The van der Waals surface area contributed by atoms with Crippen molar-refractivity contribution in [2.75, 3.05) is 20.6 Å². The number of unbranched alkanes of at least 4 members (excludes halogenated alkanes) is 1. The highest BCUT2D eigenvalue weighted by atomic mass is 31.2. The van der Waals surface area contributed by atoms with Crippen LogP contribution in [0.2, 0.25) is 0 Å². The summed E-state index contributed by atoms with van der Waals surface area (Å²) < 4.78 is 15.6. The summed E-state index contributed by atoms with van der Waals surface area (Å²) in [5.74, 6) is -1.62. The quantitative estimate of drug-likeness (QED) is 0.122. The first-order chi connectivity index (χ1) is 19.3. The lowest BCUT2D eigenvalue weighted by Gasteiger charge is -2.24. The Morgan fingerprint density at radius 3 is 2.22 bits per heavy atom. The summed E-state index contributed by atoms with van der Waals surface area (Å²) in [6.45, 7) is 0.412. The second-order valence-electron chi connectivity index (χ2n) is 10.6. The molecule has 0 bridgehead atoms. The highest BCUT2D eigenvalue weighted by molar-refractivity contribution is 7.46. The Morgan fingerprint density at radius 1 is 0.976 bits per heavy atom. The van der Waals surface area contributed by atoms with Crippen molar-refractivity contribution in [3.8, 4) is 5.75 Å². The number of rotatable bonds is 16. The number of benzene rings is 1. The van der Waals surface area contributed by atoms with E-state index in [-0.39, 0.29) is 25.0 Å². The molecular weight excluding hydrogens is 555 g/mol. The second-order valence-corrected chi connectivity index (χ2v) is 11.8. The fourth-order valence-corrected chi connectivity index (χ4v) is 5.12. The fraction of sp³-hybridized carbons (Fsp3) is 0.630. The molecule has 2 unspecified atom stereocenters. The number of hydrogen-bond donors (Lipinski definition) is 6. The van der Waals surface area contributed by atoms with E-state index in [0.29, 0.717) is 12.1 Å². The van der Waals surface area contributed by atoms with E-state index in [9.17, 15) is 23.7 Å². The number of urea groups is 1. The summed E-state index contributed by atoms with van der Waals surface area (Å²) in [6.07, 6.45) is 8.77. The van der Waals surface area contributed by atoms with Gasteiger partial charge >= 0.3 is 19.8 Å². The molecule has 1 aliphatic rings. The van der Waals surface area contributed by atoms with Gasteiger partial charge in [-0.3, -0.25) is 24.2 Å². The number of carbonyl (C=O) groups is 4. The highest BCUT2D eigenvalue weighted by Crippen LogP contribution is 2.37. The van der Waals surface area contributed by atoms with Gasteiger partial charge in [-0.1, -0.05) is 57.1 Å². The van der Waals surface area contributed by atoms with Crippen LogP contribution >= 0.6 is 7.82 Å². The maximum absolute atomic E-state index is 13.3. The van der Waals surface area contributed by atoms with Crippen LogP contribution in [0.4, 0.5) is 4.79 Å². The lowest BCUT2D eigenvalue weighted by molar-refractivity contribution is -0.138. The van der Waals surface area contributed by atoms with Crippen LogP contribution < -0.4 is 20.5 Å². The Kier molecular flexibility index (Phi) is 14.1. The molecule has 2 atom stereocenters. The van der Waals surface area contributed by atoms with E-state index in [0.717, 1.165) is 25.2 Å². The van der Waals surface area contributed by atoms with Gasteiger partial charge in [0.15, 0.2) is 0 Å². The number of carbonyl (C=O) groups excluding carboxylic acids is 3. The average molecular weight is 599 g/mol. The molecule has 1 aliphatic carbocycles. The molecule has 0 aliphatic heterocycles. The van der Waals surface area contributed by atoms with Crippen LogP contribution in [0, 0.1) is 5.92 Å². The SMILES string of the molecule is CN(C)C(=O)NC(Cc1ccc(OP(=O)(O)O)cc1)C(=O)NC(CCC(=O)O)C(=O)NCCCCC1CCCCC1. The minimum atomic E-state index is -4.74. The molecule has 0 aromatic heterocycles. The van der Waals surface area contributed by atoms with Gasteiger partial charge in [-0.2, -0.15) is 0 Å². The van der Waals surface area contributed by atoms with Gasteiger partial charge in [0, 0.05) is 33.5 Å². The van der Waals surface area contributed by atoms with E-state index >= 15 is 0 Å². The van der Waals surface area contributed by atoms with Gasteiger partial charge in [-0.15, -0.1) is 0 Å². The molecule has 4 amide bonds. The van der Waals surface area contributed by atoms with E-state index in [1.807, 2.05) is 0 Å². The van der Waals surface area contributed by atoms with E-state index in [4.69, 9.17) is 14.9 Å². The maximum atomic E-state index is 13.3. The number of amides is 4. The van der Waals surface area contributed by atoms with E-state index in [2.05, 4.69) is 20.5 Å². The molecule has 0 saturated heterocycles. The Hall–Kier alpha value is -3.15. The monoisotopic (exact) mass is 598 g/mol. The number of hydrogen-bond acceptors (Lipinski definition) is 6. The van der Waals surface area contributed by atoms with Crippen molar-refractivity contribution in [1.82, 2.24) is 20.9 Å². The predicted molar refractivity (Wildman–Crippen MR) is 151 cm³/mol. The molecule has 1 aromatic carbocycles. The normalized spacial score (nSPS) is 15.3. The number of aliphatic carboxylic acids is 1. The number of phosphoric acid groups is 1. The third-order valence-electron chi connectivity index (χ3n) is 6.95. The van der Waals surface area contributed by atoms with Gasteiger partial charge in [0.2, 0.25) is 11.8 Å². The van der Waals surface area contributed by atoms with Crippen LogP contribution in [-0.4, -0.2) is 76.3 Å². The van der Waals surface area contributed by atoms with Crippen molar-refractivity contribution in [3.05, 3.63) is 29.8 Å². The topological polar surface area (TPSA) is 195 Å². The number of nitrogens with one attached hydrogen (secondary N) is 3. The zero-order chi connectivity index (χ0) is 30.4. The van der Waals surface area contributed by atoms with E-state index in [1.165, 1.54) is 75.4 Å².